The van der Waals surface area contributed by atoms with Crippen molar-refractivity contribution in [1.29, 1.82) is 0 Å². The lowest BCUT2D eigenvalue weighted by Gasteiger charge is -2.21. The molecule has 1 heterocycles. The Bertz CT molecular complexity index is 361. The van der Waals surface area contributed by atoms with E-state index < -0.39 is 0 Å². The molecule has 3 rings (SSSR count). The molecule has 1 aromatic heterocycles. The second-order valence-corrected chi connectivity index (χ2v) is 5.28. The topological polar surface area (TPSA) is 27.1 Å². The summed E-state index contributed by atoms with van der Waals surface area (Å²) in [6.07, 6.45) is 9.58. The second-order valence-electron chi connectivity index (χ2n) is 5.28. The lowest BCUT2D eigenvalue weighted by atomic mass is 9.90. The summed E-state index contributed by atoms with van der Waals surface area (Å²) in [5, 5.41) is 4.22. The molecule has 0 N–H and O–H groups in total. The molecule has 3 atom stereocenters. The van der Waals surface area contributed by atoms with Crippen LogP contribution in [0.5, 0.6) is 5.75 Å². The Labute approximate surface area is 96.8 Å². The molecule has 0 radical (unpaired) electrons. The monoisotopic (exact) mass is 220 g/mol. The molecule has 2 saturated carbocycles. The molecule has 0 spiro atoms. The summed E-state index contributed by atoms with van der Waals surface area (Å²) >= 11 is 0. The van der Waals surface area contributed by atoms with Gasteiger partial charge in [-0.25, -0.2) is 0 Å². The predicted octanol–water partition coefficient (Wildman–Crippen LogP) is 2.72. The van der Waals surface area contributed by atoms with Gasteiger partial charge in [0.05, 0.1) is 19.0 Å². The summed E-state index contributed by atoms with van der Waals surface area (Å²) in [5.41, 5.74) is 0. The van der Waals surface area contributed by atoms with Crippen LogP contribution in [0.25, 0.3) is 0 Å². The van der Waals surface area contributed by atoms with Gasteiger partial charge in [-0.1, -0.05) is 6.42 Å². The molecular weight excluding hydrogens is 200 g/mol. The Balaban J connectivity index is 1.53. The minimum Gasteiger partial charge on any atom is -0.490 e. The van der Waals surface area contributed by atoms with E-state index in [4.69, 9.17) is 4.74 Å². The molecular formula is C13H20N2O. The highest BCUT2D eigenvalue weighted by Crippen LogP contribution is 2.48. The summed E-state index contributed by atoms with van der Waals surface area (Å²) < 4.78 is 7.75. The van der Waals surface area contributed by atoms with Crippen LogP contribution in [-0.2, 0) is 6.54 Å². The number of ether oxygens (including phenoxy) is 1. The Hall–Kier alpha value is -0.990. The summed E-state index contributed by atoms with van der Waals surface area (Å²) in [6.45, 7) is 3.90. The largest absolute Gasteiger partial charge is 0.490 e. The van der Waals surface area contributed by atoms with Crippen molar-refractivity contribution in [2.24, 2.45) is 17.8 Å². The van der Waals surface area contributed by atoms with E-state index >= 15 is 0 Å². The molecule has 2 bridgehead atoms. The second kappa shape index (κ2) is 4.11. The number of fused-ring (bicyclic) bond motifs is 2. The summed E-state index contributed by atoms with van der Waals surface area (Å²) in [6, 6.07) is 0. The summed E-state index contributed by atoms with van der Waals surface area (Å²) in [7, 11) is 0. The van der Waals surface area contributed by atoms with Crippen molar-refractivity contribution in [3.8, 4) is 5.75 Å². The fraction of sp³-hybridized carbons (Fsp3) is 0.769. The molecule has 3 nitrogen and oxygen atoms in total. The highest BCUT2D eigenvalue weighted by molar-refractivity contribution is 5.11. The van der Waals surface area contributed by atoms with Crippen molar-refractivity contribution >= 4 is 0 Å². The maximum atomic E-state index is 5.84. The van der Waals surface area contributed by atoms with Crippen molar-refractivity contribution in [2.45, 2.75) is 39.2 Å². The third kappa shape index (κ3) is 1.83. The molecule has 0 aliphatic heterocycles. The first-order valence-corrected chi connectivity index (χ1v) is 6.50. The van der Waals surface area contributed by atoms with Crippen LogP contribution in [0.15, 0.2) is 12.4 Å². The van der Waals surface area contributed by atoms with Crippen LogP contribution in [0.1, 0.15) is 32.6 Å². The molecule has 3 heteroatoms. The number of hydrogen-bond acceptors (Lipinski definition) is 2. The van der Waals surface area contributed by atoms with Crippen LogP contribution >= 0.6 is 0 Å². The van der Waals surface area contributed by atoms with Gasteiger partial charge in [0.2, 0.25) is 0 Å². The van der Waals surface area contributed by atoms with Gasteiger partial charge in [-0.15, -0.1) is 0 Å². The fourth-order valence-electron chi connectivity index (χ4n) is 3.38. The van der Waals surface area contributed by atoms with Crippen LogP contribution in [0, 0.1) is 17.8 Å². The minimum absolute atomic E-state index is 0.809. The zero-order valence-electron chi connectivity index (χ0n) is 9.93. The third-order valence-electron chi connectivity index (χ3n) is 4.28. The highest BCUT2D eigenvalue weighted by Gasteiger charge is 2.39. The zero-order chi connectivity index (χ0) is 11.0. The van der Waals surface area contributed by atoms with Gasteiger partial charge in [0.15, 0.2) is 5.75 Å². The van der Waals surface area contributed by atoms with Crippen LogP contribution in [0.2, 0.25) is 0 Å². The average molecular weight is 220 g/mol. The molecule has 2 aliphatic carbocycles. The SMILES string of the molecule is CCn1cc(OCC2CC3CCC2C3)cn1. The number of hydrogen-bond donors (Lipinski definition) is 0. The lowest BCUT2D eigenvalue weighted by molar-refractivity contribution is 0.195. The van der Waals surface area contributed by atoms with E-state index in [1.807, 2.05) is 17.1 Å². The average Bonchev–Trinajstić information content (AvgIpc) is 3.02. The van der Waals surface area contributed by atoms with Crippen molar-refractivity contribution in [3.63, 3.8) is 0 Å². The molecule has 0 aromatic carbocycles. The van der Waals surface area contributed by atoms with E-state index in [2.05, 4.69) is 12.0 Å². The smallest absolute Gasteiger partial charge is 0.157 e. The molecule has 0 amide bonds. The van der Waals surface area contributed by atoms with E-state index in [1.54, 1.807) is 0 Å². The number of aromatic nitrogens is 2. The van der Waals surface area contributed by atoms with Crippen LogP contribution in [-0.4, -0.2) is 16.4 Å². The highest BCUT2D eigenvalue weighted by atomic mass is 16.5. The number of aryl methyl sites for hydroxylation is 1. The van der Waals surface area contributed by atoms with E-state index in [1.165, 1.54) is 25.7 Å². The first kappa shape index (κ1) is 10.2. The predicted molar refractivity (Wildman–Crippen MR) is 62.3 cm³/mol. The normalized spacial score (nSPS) is 32.2. The van der Waals surface area contributed by atoms with E-state index in [0.29, 0.717) is 0 Å². The maximum Gasteiger partial charge on any atom is 0.157 e. The first-order valence-electron chi connectivity index (χ1n) is 6.50. The van der Waals surface area contributed by atoms with Gasteiger partial charge in [0, 0.05) is 6.54 Å². The number of nitrogens with zero attached hydrogens (tertiary/aromatic N) is 2. The molecule has 88 valence electrons. The van der Waals surface area contributed by atoms with Gasteiger partial charge in [-0.2, -0.15) is 5.10 Å². The van der Waals surface area contributed by atoms with Gasteiger partial charge in [0.25, 0.3) is 0 Å². The first-order chi connectivity index (χ1) is 7.85. The van der Waals surface area contributed by atoms with E-state index in [-0.39, 0.29) is 0 Å². The maximum absolute atomic E-state index is 5.84. The van der Waals surface area contributed by atoms with Crippen LogP contribution < -0.4 is 4.74 Å². The molecule has 0 saturated heterocycles. The van der Waals surface area contributed by atoms with E-state index in [9.17, 15) is 0 Å². The standard InChI is InChI=1S/C13H20N2O/c1-2-15-8-13(7-14-15)16-9-12-6-10-3-4-11(12)5-10/h7-8,10-12H,2-6,9H2,1H3. The zero-order valence-corrected chi connectivity index (χ0v) is 9.93. The quantitative estimate of drug-likeness (QED) is 0.780. The van der Waals surface area contributed by atoms with Gasteiger partial charge in [-0.3, -0.25) is 4.68 Å². The van der Waals surface area contributed by atoms with Crippen LogP contribution in [0.4, 0.5) is 0 Å². The molecule has 3 unspecified atom stereocenters. The minimum atomic E-state index is 0.809. The van der Waals surface area contributed by atoms with Crippen LogP contribution in [0.3, 0.4) is 0 Å². The van der Waals surface area contributed by atoms with Gasteiger partial charge >= 0.3 is 0 Å². The molecule has 2 fully saturated rings. The van der Waals surface area contributed by atoms with Gasteiger partial charge in [0.1, 0.15) is 0 Å². The van der Waals surface area contributed by atoms with Gasteiger partial charge in [-0.05, 0) is 43.9 Å². The third-order valence-corrected chi connectivity index (χ3v) is 4.28. The van der Waals surface area contributed by atoms with Gasteiger partial charge < -0.3 is 4.74 Å². The summed E-state index contributed by atoms with van der Waals surface area (Å²) in [5.74, 6) is 3.71. The fourth-order valence-corrected chi connectivity index (χ4v) is 3.38. The van der Waals surface area contributed by atoms with E-state index in [0.717, 1.165) is 36.7 Å². The van der Waals surface area contributed by atoms with Crippen molar-refractivity contribution in [3.05, 3.63) is 12.4 Å². The van der Waals surface area contributed by atoms with Crippen molar-refractivity contribution < 1.29 is 4.74 Å². The van der Waals surface area contributed by atoms with Crippen molar-refractivity contribution in [2.75, 3.05) is 6.61 Å². The number of rotatable bonds is 4. The molecule has 1 aromatic rings. The Morgan fingerprint density at radius 3 is 3.00 bits per heavy atom. The molecule has 2 aliphatic rings. The van der Waals surface area contributed by atoms with Crippen molar-refractivity contribution in [1.82, 2.24) is 9.78 Å². The summed E-state index contributed by atoms with van der Waals surface area (Å²) in [4.78, 5) is 0. The Kier molecular flexibility index (Phi) is 2.62. The Morgan fingerprint density at radius 2 is 2.38 bits per heavy atom. The lowest BCUT2D eigenvalue weighted by Crippen LogP contribution is -2.18. The molecule has 16 heavy (non-hydrogen) atoms. The Morgan fingerprint density at radius 1 is 1.44 bits per heavy atom.